The van der Waals surface area contributed by atoms with E-state index in [1.54, 1.807) is 0 Å². The Bertz CT molecular complexity index is 3690. The van der Waals surface area contributed by atoms with Crippen molar-refractivity contribution in [1.82, 2.24) is 0 Å². The van der Waals surface area contributed by atoms with Crippen LogP contribution in [-0.4, -0.2) is 6.71 Å². The Balaban J connectivity index is 1.22. The number of hydrogen-bond donors (Lipinski definition) is 0. The monoisotopic (exact) mass is 996 g/mol. The molecule has 5 heteroatoms. The van der Waals surface area contributed by atoms with Gasteiger partial charge in [0.1, 0.15) is 0 Å². The first kappa shape index (κ1) is 47.9. The van der Waals surface area contributed by atoms with Gasteiger partial charge in [0, 0.05) is 54.6 Å². The summed E-state index contributed by atoms with van der Waals surface area (Å²) in [6, 6.07) is 67.6. The van der Waals surface area contributed by atoms with E-state index in [2.05, 4.69) is 267 Å². The van der Waals surface area contributed by atoms with Crippen LogP contribution in [0.4, 0.5) is 51.2 Å². The molecule has 3 heterocycles. The Kier molecular flexibility index (Phi) is 10.8. The number of thiophene rings is 1. The zero-order chi connectivity index (χ0) is 52.0. The highest BCUT2D eigenvalue weighted by Crippen LogP contribution is 2.57. The zero-order valence-corrected chi connectivity index (χ0v) is 46.7. The highest BCUT2D eigenvalue weighted by Gasteiger charge is 2.50. The number of rotatable bonds is 6. The van der Waals surface area contributed by atoms with Crippen LogP contribution in [0.3, 0.4) is 0 Å². The molecule has 2 aliphatic heterocycles. The minimum atomic E-state index is -0.0783. The third kappa shape index (κ3) is 7.49. The summed E-state index contributed by atoms with van der Waals surface area (Å²) < 4.78 is 2.72. The van der Waals surface area contributed by atoms with Crippen molar-refractivity contribution in [1.29, 1.82) is 0 Å². The average Bonchev–Trinajstić information content (AvgIpc) is 3.83. The van der Waals surface area contributed by atoms with E-state index in [1.807, 2.05) is 11.3 Å². The molecule has 0 bridgehead atoms. The van der Waals surface area contributed by atoms with E-state index in [0.29, 0.717) is 0 Å². The number of para-hydroxylation sites is 2. The van der Waals surface area contributed by atoms with Crippen LogP contribution in [-0.2, 0) is 27.1 Å². The second kappa shape index (κ2) is 16.8. The van der Waals surface area contributed by atoms with Gasteiger partial charge in [-0.25, -0.2) is 0 Å². The first-order valence-electron chi connectivity index (χ1n) is 27.6. The molecular weight excluding hydrogens is 926 g/mol. The van der Waals surface area contributed by atoms with E-state index in [9.17, 15) is 0 Å². The number of anilines is 9. The maximum Gasteiger partial charge on any atom is 0.264 e. The minimum Gasteiger partial charge on any atom is -0.311 e. The van der Waals surface area contributed by atoms with Gasteiger partial charge in [-0.15, -0.1) is 11.3 Å². The molecule has 2 aliphatic carbocycles. The van der Waals surface area contributed by atoms with Crippen molar-refractivity contribution in [2.75, 3.05) is 14.7 Å². The van der Waals surface area contributed by atoms with Gasteiger partial charge >= 0.3 is 0 Å². The molecule has 8 aromatic carbocycles. The topological polar surface area (TPSA) is 9.72 Å². The lowest BCUT2D eigenvalue weighted by atomic mass is 9.35. The Morgan fingerprint density at radius 1 is 0.480 bits per heavy atom. The van der Waals surface area contributed by atoms with Gasteiger partial charge in [0.2, 0.25) is 0 Å². The predicted molar refractivity (Wildman–Crippen MR) is 325 cm³/mol. The molecule has 4 aliphatic rings. The zero-order valence-electron chi connectivity index (χ0n) is 45.9. The summed E-state index contributed by atoms with van der Waals surface area (Å²) in [5.74, 6) is 0. The molecule has 0 fully saturated rings. The van der Waals surface area contributed by atoms with E-state index >= 15 is 0 Å². The van der Waals surface area contributed by atoms with Crippen molar-refractivity contribution in [3.05, 3.63) is 204 Å². The largest absolute Gasteiger partial charge is 0.311 e. The van der Waals surface area contributed by atoms with Gasteiger partial charge in [0.05, 0.1) is 17.1 Å². The van der Waals surface area contributed by atoms with Crippen LogP contribution in [0.5, 0.6) is 0 Å². The molecule has 3 nitrogen and oxygen atoms in total. The van der Waals surface area contributed by atoms with Gasteiger partial charge < -0.3 is 14.7 Å². The van der Waals surface area contributed by atoms with Crippen molar-refractivity contribution in [3.63, 3.8) is 0 Å². The third-order valence-electron chi connectivity index (χ3n) is 18.1. The predicted octanol–water partition coefficient (Wildman–Crippen LogP) is 18.1. The lowest BCUT2D eigenvalue weighted by Gasteiger charge is -2.50. The first-order chi connectivity index (χ1) is 35.8. The maximum absolute atomic E-state index is 2.78. The van der Waals surface area contributed by atoms with Crippen molar-refractivity contribution >= 4 is 95.0 Å². The van der Waals surface area contributed by atoms with Crippen molar-refractivity contribution in [2.45, 2.75) is 129 Å². The summed E-state index contributed by atoms with van der Waals surface area (Å²) in [7, 11) is 0. The second-order valence-electron chi connectivity index (χ2n) is 25.9. The molecule has 9 aromatic rings. The Morgan fingerprint density at radius 2 is 1.04 bits per heavy atom. The molecule has 75 heavy (non-hydrogen) atoms. The summed E-state index contributed by atoms with van der Waals surface area (Å²) in [5.41, 5.74) is 23.4. The Labute approximate surface area is 451 Å². The Morgan fingerprint density at radius 3 is 1.69 bits per heavy atom. The summed E-state index contributed by atoms with van der Waals surface area (Å²) in [6.45, 7) is 26.9. The quantitative estimate of drug-likeness (QED) is 0.154. The van der Waals surface area contributed by atoms with Crippen LogP contribution in [0.15, 0.2) is 176 Å². The molecule has 13 rings (SSSR count). The fraction of sp³-hybridized carbons (Fsp3) is 0.286. The normalized spacial score (nSPS) is 17.4. The third-order valence-corrected chi connectivity index (χ3v) is 19.3. The Hall–Kier alpha value is -6.82. The van der Waals surface area contributed by atoms with Gasteiger partial charge in [0.25, 0.3) is 6.71 Å². The van der Waals surface area contributed by atoms with E-state index in [0.717, 1.165) is 36.3 Å². The number of benzene rings is 8. The standard InChI is InChI=1S/C70H70BN3S/c1-66(2,3)46-31-36-57(52(41-46)45-23-15-12-16-24-45)74-59-44-50(72(47-25-17-13-18-26-47)48-27-19-14-20-28-48)43-58-62(59)71(65-63(74)51-29-21-22-30-60(51)75-65)56-35-34-54-61(70(10,11)40-39-68(54,6)7)64(56)73(58)49-32-33-53-55(42-49)69(8,9)38-37-67(53,4)5/h12-36,41-44H,37-40H2,1-11H3. The van der Waals surface area contributed by atoms with Crippen LogP contribution < -0.4 is 30.4 Å². The molecule has 0 unspecified atom stereocenters. The van der Waals surface area contributed by atoms with Crippen molar-refractivity contribution in [2.24, 2.45) is 0 Å². The van der Waals surface area contributed by atoms with E-state index in [-0.39, 0.29) is 33.8 Å². The smallest absolute Gasteiger partial charge is 0.264 e. The van der Waals surface area contributed by atoms with E-state index in [4.69, 9.17) is 0 Å². The molecule has 1 aromatic heterocycles. The van der Waals surface area contributed by atoms with Crippen LogP contribution in [0.1, 0.15) is 130 Å². The van der Waals surface area contributed by atoms with Crippen LogP contribution in [0.2, 0.25) is 0 Å². The molecule has 0 radical (unpaired) electrons. The highest BCUT2D eigenvalue weighted by atomic mass is 32.1. The summed E-state index contributed by atoms with van der Waals surface area (Å²) >= 11 is 2.00. The molecule has 0 saturated heterocycles. The molecule has 0 spiro atoms. The lowest BCUT2D eigenvalue weighted by molar-refractivity contribution is 0.331. The molecular formula is C70H70BN3S. The summed E-state index contributed by atoms with van der Waals surface area (Å²) in [4.78, 5) is 7.97. The lowest BCUT2D eigenvalue weighted by Crippen LogP contribution is -2.61. The van der Waals surface area contributed by atoms with Crippen LogP contribution in [0, 0.1) is 0 Å². The van der Waals surface area contributed by atoms with Crippen LogP contribution in [0.25, 0.3) is 21.2 Å². The maximum atomic E-state index is 2.78. The SMILES string of the molecule is CC(C)(C)c1ccc(N2c3cc(N(c4ccccc4)c4ccccc4)cc4c3B(c3ccc5c(c3N4c3ccc4c(c3)C(C)(C)CCC4(C)C)C(C)(C)CCC5(C)C)c3sc4ccccc4c32)c(-c2ccccc2)c1. The summed E-state index contributed by atoms with van der Waals surface area (Å²) in [6.07, 6.45) is 4.60. The van der Waals surface area contributed by atoms with E-state index in [1.165, 1.54) is 105 Å². The fourth-order valence-corrected chi connectivity index (χ4v) is 15.0. The van der Waals surface area contributed by atoms with Gasteiger partial charge in [-0.1, -0.05) is 185 Å². The van der Waals surface area contributed by atoms with Gasteiger partial charge in [0.15, 0.2) is 0 Å². The van der Waals surface area contributed by atoms with Gasteiger partial charge in [-0.2, -0.15) is 0 Å². The number of hydrogen-bond acceptors (Lipinski definition) is 4. The van der Waals surface area contributed by atoms with E-state index < -0.39 is 0 Å². The summed E-state index contributed by atoms with van der Waals surface area (Å²) in [5, 5.41) is 1.29. The van der Waals surface area contributed by atoms with Crippen LogP contribution >= 0.6 is 11.3 Å². The van der Waals surface area contributed by atoms with Crippen molar-refractivity contribution in [3.8, 4) is 11.1 Å². The van der Waals surface area contributed by atoms with Gasteiger partial charge in [-0.05, 0) is 164 Å². The average molecular weight is 996 g/mol. The molecule has 0 saturated carbocycles. The highest BCUT2D eigenvalue weighted by molar-refractivity contribution is 7.33. The first-order valence-corrected chi connectivity index (χ1v) is 28.4. The molecule has 374 valence electrons. The molecule has 0 atom stereocenters. The number of fused-ring (bicyclic) bond motifs is 9. The van der Waals surface area contributed by atoms with Crippen molar-refractivity contribution < 1.29 is 0 Å². The fourth-order valence-electron chi connectivity index (χ4n) is 13.6. The number of nitrogens with zero attached hydrogens (tertiary/aromatic N) is 3. The minimum absolute atomic E-state index is 0.0112. The second-order valence-corrected chi connectivity index (χ2v) is 26.9. The molecule has 0 amide bonds. The molecule has 0 N–H and O–H groups in total. The van der Waals surface area contributed by atoms with Gasteiger partial charge in [-0.3, -0.25) is 0 Å².